The lowest BCUT2D eigenvalue weighted by atomic mass is 9.99. The number of nitrogens with zero attached hydrogens (tertiary/aromatic N) is 1. The lowest BCUT2D eigenvalue weighted by Gasteiger charge is -2.31. The summed E-state index contributed by atoms with van der Waals surface area (Å²) >= 11 is 0. The van der Waals surface area contributed by atoms with E-state index in [0.29, 0.717) is 18.0 Å². The van der Waals surface area contributed by atoms with Crippen LogP contribution in [0.4, 0.5) is 11.4 Å². The maximum atomic E-state index is 12.5. The maximum absolute atomic E-state index is 12.5. The standard InChI is InChI=1S/C23H27N3O4/c1-15(2)23(29)26-12-6-8-16-10-11-18(13-19(16)26)25-22(28)21(27)24-14-17-7-4-5-9-20(17)30-3/h4-5,7,9-11,13,15H,6,8,12,14H2,1-3H3,(H,24,27)(H,25,28). The van der Waals surface area contributed by atoms with E-state index in [0.717, 1.165) is 29.7 Å². The number of nitrogens with one attached hydrogen (secondary N) is 2. The van der Waals surface area contributed by atoms with Gasteiger partial charge in [-0.3, -0.25) is 14.4 Å². The van der Waals surface area contributed by atoms with E-state index >= 15 is 0 Å². The highest BCUT2D eigenvalue weighted by Gasteiger charge is 2.25. The number of hydrogen-bond acceptors (Lipinski definition) is 4. The number of ether oxygens (including phenoxy) is 1. The van der Waals surface area contributed by atoms with Gasteiger partial charge in [0.25, 0.3) is 0 Å². The van der Waals surface area contributed by atoms with Gasteiger partial charge in [-0.25, -0.2) is 0 Å². The molecular weight excluding hydrogens is 382 g/mol. The molecule has 0 saturated carbocycles. The molecule has 1 aliphatic heterocycles. The van der Waals surface area contributed by atoms with Crippen LogP contribution in [0.5, 0.6) is 5.75 Å². The number of fused-ring (bicyclic) bond motifs is 1. The molecule has 0 spiro atoms. The van der Waals surface area contributed by atoms with E-state index < -0.39 is 11.8 Å². The summed E-state index contributed by atoms with van der Waals surface area (Å²) in [5, 5.41) is 5.23. The van der Waals surface area contributed by atoms with Crippen molar-refractivity contribution in [2.75, 3.05) is 23.9 Å². The van der Waals surface area contributed by atoms with Gasteiger partial charge in [-0.1, -0.05) is 38.1 Å². The third-order valence-electron chi connectivity index (χ3n) is 5.06. The Hall–Kier alpha value is -3.35. The SMILES string of the molecule is COc1ccccc1CNC(=O)C(=O)Nc1ccc2c(c1)N(C(=O)C(C)C)CCC2. The molecule has 0 aliphatic carbocycles. The average molecular weight is 409 g/mol. The van der Waals surface area contributed by atoms with E-state index in [9.17, 15) is 14.4 Å². The first-order valence-corrected chi connectivity index (χ1v) is 10.1. The third kappa shape index (κ3) is 4.79. The third-order valence-corrected chi connectivity index (χ3v) is 5.06. The first kappa shape index (κ1) is 21.4. The second-order valence-corrected chi connectivity index (χ2v) is 7.54. The first-order chi connectivity index (χ1) is 14.4. The lowest BCUT2D eigenvalue weighted by molar-refractivity contribution is -0.136. The number of rotatable bonds is 5. The van der Waals surface area contributed by atoms with Crippen molar-refractivity contribution in [3.05, 3.63) is 53.6 Å². The van der Waals surface area contributed by atoms with E-state index in [2.05, 4.69) is 10.6 Å². The Kier molecular flexibility index (Phi) is 6.72. The van der Waals surface area contributed by atoms with Gasteiger partial charge in [0.2, 0.25) is 5.91 Å². The molecule has 3 rings (SSSR count). The molecular formula is C23H27N3O4. The van der Waals surface area contributed by atoms with Gasteiger partial charge in [0.1, 0.15) is 5.75 Å². The van der Waals surface area contributed by atoms with Crippen LogP contribution in [0.2, 0.25) is 0 Å². The molecule has 7 heteroatoms. The highest BCUT2D eigenvalue weighted by molar-refractivity contribution is 6.39. The van der Waals surface area contributed by atoms with Crippen LogP contribution in [0.25, 0.3) is 0 Å². The summed E-state index contributed by atoms with van der Waals surface area (Å²) < 4.78 is 5.25. The second kappa shape index (κ2) is 9.43. The fourth-order valence-corrected chi connectivity index (χ4v) is 3.49. The van der Waals surface area contributed by atoms with E-state index in [1.165, 1.54) is 0 Å². The van der Waals surface area contributed by atoms with Gasteiger partial charge >= 0.3 is 11.8 Å². The molecule has 1 aliphatic rings. The fourth-order valence-electron chi connectivity index (χ4n) is 3.49. The lowest BCUT2D eigenvalue weighted by Crippen LogP contribution is -2.38. The zero-order valence-corrected chi connectivity index (χ0v) is 17.5. The predicted octanol–water partition coefficient (Wildman–Crippen LogP) is 2.89. The number of aryl methyl sites for hydroxylation is 1. The van der Waals surface area contributed by atoms with E-state index in [4.69, 9.17) is 4.74 Å². The second-order valence-electron chi connectivity index (χ2n) is 7.54. The van der Waals surface area contributed by atoms with E-state index in [1.807, 2.05) is 38.1 Å². The smallest absolute Gasteiger partial charge is 0.313 e. The summed E-state index contributed by atoms with van der Waals surface area (Å²) in [5.41, 5.74) is 3.12. The summed E-state index contributed by atoms with van der Waals surface area (Å²) in [6, 6.07) is 12.7. The minimum Gasteiger partial charge on any atom is -0.496 e. The van der Waals surface area contributed by atoms with Gasteiger partial charge in [0.15, 0.2) is 0 Å². The molecule has 0 atom stereocenters. The molecule has 0 bridgehead atoms. The topological polar surface area (TPSA) is 87.7 Å². The Morgan fingerprint density at radius 2 is 1.87 bits per heavy atom. The molecule has 1 heterocycles. The molecule has 0 fully saturated rings. The Morgan fingerprint density at radius 1 is 1.10 bits per heavy atom. The van der Waals surface area contributed by atoms with Gasteiger partial charge in [0.05, 0.1) is 7.11 Å². The summed E-state index contributed by atoms with van der Waals surface area (Å²) in [7, 11) is 1.55. The van der Waals surface area contributed by atoms with Crippen LogP contribution >= 0.6 is 0 Å². The Bertz CT molecular complexity index is 955. The zero-order chi connectivity index (χ0) is 21.7. The van der Waals surface area contributed by atoms with Crippen molar-refractivity contribution in [3.8, 4) is 5.75 Å². The van der Waals surface area contributed by atoms with Crippen molar-refractivity contribution in [1.29, 1.82) is 0 Å². The number of carbonyl (C=O) groups excluding carboxylic acids is 3. The molecule has 158 valence electrons. The number of para-hydroxylation sites is 1. The Balaban J connectivity index is 1.67. The van der Waals surface area contributed by atoms with Gasteiger partial charge in [0, 0.05) is 35.9 Å². The summed E-state index contributed by atoms with van der Waals surface area (Å²) in [5.74, 6) is -0.928. The maximum Gasteiger partial charge on any atom is 0.313 e. The molecule has 2 aromatic rings. The van der Waals surface area contributed by atoms with Crippen molar-refractivity contribution in [1.82, 2.24) is 5.32 Å². The van der Waals surface area contributed by atoms with Crippen molar-refractivity contribution in [2.24, 2.45) is 5.92 Å². The number of amides is 3. The van der Waals surface area contributed by atoms with Crippen LogP contribution in [0, 0.1) is 5.92 Å². The van der Waals surface area contributed by atoms with Crippen LogP contribution in [0.3, 0.4) is 0 Å². The molecule has 0 aromatic heterocycles. The monoisotopic (exact) mass is 409 g/mol. The summed E-state index contributed by atoms with van der Waals surface area (Å²) in [4.78, 5) is 38.9. The number of benzene rings is 2. The molecule has 7 nitrogen and oxygen atoms in total. The fraction of sp³-hybridized carbons (Fsp3) is 0.348. The molecule has 3 amide bonds. The number of methoxy groups -OCH3 is 1. The zero-order valence-electron chi connectivity index (χ0n) is 17.5. The highest BCUT2D eigenvalue weighted by Crippen LogP contribution is 2.31. The minimum atomic E-state index is -0.762. The van der Waals surface area contributed by atoms with Gasteiger partial charge in [-0.2, -0.15) is 0 Å². The normalized spacial score (nSPS) is 12.9. The molecule has 2 aromatic carbocycles. The Labute approximate surface area is 176 Å². The molecule has 2 N–H and O–H groups in total. The summed E-state index contributed by atoms with van der Waals surface area (Å²) in [6.45, 7) is 4.57. The molecule has 0 saturated heterocycles. The predicted molar refractivity (Wildman–Crippen MR) is 115 cm³/mol. The largest absolute Gasteiger partial charge is 0.496 e. The van der Waals surface area contributed by atoms with Crippen LogP contribution in [-0.4, -0.2) is 31.4 Å². The van der Waals surface area contributed by atoms with Crippen LogP contribution < -0.4 is 20.3 Å². The van der Waals surface area contributed by atoms with Crippen molar-refractivity contribution in [3.63, 3.8) is 0 Å². The van der Waals surface area contributed by atoms with Crippen molar-refractivity contribution >= 4 is 29.1 Å². The first-order valence-electron chi connectivity index (χ1n) is 10.1. The average Bonchev–Trinajstić information content (AvgIpc) is 2.76. The molecule has 0 unspecified atom stereocenters. The number of carbonyl (C=O) groups is 3. The van der Waals surface area contributed by atoms with Crippen molar-refractivity contribution in [2.45, 2.75) is 33.2 Å². The number of hydrogen-bond donors (Lipinski definition) is 2. The van der Waals surface area contributed by atoms with Gasteiger partial charge in [-0.05, 0) is 36.6 Å². The quantitative estimate of drug-likeness (QED) is 0.744. The summed E-state index contributed by atoms with van der Waals surface area (Å²) in [6.07, 6.45) is 1.79. The molecule has 0 radical (unpaired) electrons. The highest BCUT2D eigenvalue weighted by atomic mass is 16.5. The minimum absolute atomic E-state index is 0.0500. The van der Waals surface area contributed by atoms with Crippen LogP contribution in [-0.2, 0) is 27.3 Å². The van der Waals surface area contributed by atoms with Crippen LogP contribution in [0.15, 0.2) is 42.5 Å². The van der Waals surface area contributed by atoms with Gasteiger partial charge < -0.3 is 20.3 Å². The Morgan fingerprint density at radius 3 is 2.60 bits per heavy atom. The van der Waals surface area contributed by atoms with E-state index in [-0.39, 0.29) is 18.4 Å². The van der Waals surface area contributed by atoms with E-state index in [1.54, 1.807) is 30.2 Å². The van der Waals surface area contributed by atoms with Gasteiger partial charge in [-0.15, -0.1) is 0 Å². The van der Waals surface area contributed by atoms with Crippen LogP contribution in [0.1, 0.15) is 31.4 Å². The number of anilines is 2. The van der Waals surface area contributed by atoms with Crippen molar-refractivity contribution < 1.29 is 19.1 Å². The molecule has 30 heavy (non-hydrogen) atoms.